The predicted molar refractivity (Wildman–Crippen MR) is 43.7 cm³/mol. The van der Waals surface area contributed by atoms with Crippen molar-refractivity contribution in [1.82, 2.24) is 0 Å². The summed E-state index contributed by atoms with van der Waals surface area (Å²) in [4.78, 5) is 10.3. The highest BCUT2D eigenvalue weighted by Crippen LogP contribution is 2.14. The van der Waals surface area contributed by atoms with Gasteiger partial charge in [0.1, 0.15) is 5.82 Å². The molecule has 0 radical (unpaired) electrons. The molecule has 3 nitrogen and oxygen atoms in total. The van der Waals surface area contributed by atoms with Gasteiger partial charge in [-0.05, 0) is 11.6 Å². The molecule has 0 unspecified atom stereocenters. The number of halogens is 1. The lowest BCUT2D eigenvalue weighted by molar-refractivity contribution is -0.136. The number of carbonyl (C=O) groups is 1. The highest BCUT2D eigenvalue weighted by Gasteiger charge is 2.10. The first-order chi connectivity index (χ1) is 6.15. The van der Waals surface area contributed by atoms with Gasteiger partial charge in [-0.1, -0.05) is 12.1 Å². The fourth-order valence-corrected chi connectivity index (χ4v) is 1.10. The predicted octanol–water partition coefficient (Wildman–Crippen LogP) is 0.945. The Kier molecular flexibility index (Phi) is 2.97. The van der Waals surface area contributed by atoms with Crippen LogP contribution in [0.4, 0.5) is 4.39 Å². The molecule has 0 aliphatic carbocycles. The van der Waals surface area contributed by atoms with E-state index in [0.717, 1.165) is 0 Å². The van der Waals surface area contributed by atoms with Crippen LogP contribution in [0.1, 0.15) is 11.1 Å². The third-order valence-electron chi connectivity index (χ3n) is 1.71. The van der Waals surface area contributed by atoms with Crippen LogP contribution < -0.4 is 0 Å². The van der Waals surface area contributed by atoms with Crippen LogP contribution in [0, 0.1) is 5.82 Å². The van der Waals surface area contributed by atoms with Crippen LogP contribution in [-0.2, 0) is 17.8 Å². The number of carboxylic acid groups (broad SMARTS) is 1. The van der Waals surface area contributed by atoms with Crippen LogP contribution >= 0.6 is 0 Å². The number of hydrogen-bond donors (Lipinski definition) is 2. The second-order valence-corrected chi connectivity index (χ2v) is 2.61. The highest BCUT2D eigenvalue weighted by molar-refractivity contribution is 5.70. The van der Waals surface area contributed by atoms with E-state index in [9.17, 15) is 9.18 Å². The maximum atomic E-state index is 13.0. The fraction of sp³-hybridized carbons (Fsp3) is 0.222. The minimum Gasteiger partial charge on any atom is -0.481 e. The molecule has 0 aliphatic heterocycles. The van der Waals surface area contributed by atoms with Crippen molar-refractivity contribution in [3.05, 3.63) is 35.1 Å². The van der Waals surface area contributed by atoms with Gasteiger partial charge in [0.25, 0.3) is 0 Å². The zero-order chi connectivity index (χ0) is 9.84. The number of carboxylic acids is 1. The lowest BCUT2D eigenvalue weighted by Crippen LogP contribution is -2.06. The van der Waals surface area contributed by atoms with E-state index in [2.05, 4.69) is 0 Å². The van der Waals surface area contributed by atoms with Gasteiger partial charge in [-0.15, -0.1) is 0 Å². The quantitative estimate of drug-likeness (QED) is 0.735. The zero-order valence-corrected chi connectivity index (χ0v) is 6.83. The number of aliphatic carboxylic acids is 1. The van der Waals surface area contributed by atoms with E-state index in [-0.39, 0.29) is 12.2 Å². The monoisotopic (exact) mass is 184 g/mol. The van der Waals surface area contributed by atoms with Gasteiger partial charge in [-0.25, -0.2) is 4.39 Å². The summed E-state index contributed by atoms with van der Waals surface area (Å²) in [6.45, 7) is -0.347. The van der Waals surface area contributed by atoms with E-state index in [1.54, 1.807) is 0 Å². The molecule has 0 amide bonds. The van der Waals surface area contributed by atoms with Crippen LogP contribution in [-0.4, -0.2) is 16.2 Å². The average Bonchev–Trinajstić information content (AvgIpc) is 2.08. The van der Waals surface area contributed by atoms with Crippen molar-refractivity contribution < 1.29 is 19.4 Å². The molecule has 0 spiro atoms. The molecular formula is C9H9FO3. The Labute approximate surface area is 74.4 Å². The number of rotatable bonds is 3. The molecule has 2 N–H and O–H groups in total. The molecule has 1 aromatic carbocycles. The third-order valence-corrected chi connectivity index (χ3v) is 1.71. The van der Waals surface area contributed by atoms with E-state index in [1.807, 2.05) is 0 Å². The standard InChI is InChI=1S/C9H9FO3/c10-8-3-1-2-6(5-11)7(8)4-9(12)13/h1-3,11H,4-5H2,(H,12,13). The van der Waals surface area contributed by atoms with Gasteiger partial charge in [0.05, 0.1) is 13.0 Å². The molecule has 0 bridgehead atoms. The van der Waals surface area contributed by atoms with Gasteiger partial charge >= 0.3 is 5.97 Å². The Balaban J connectivity index is 3.07. The van der Waals surface area contributed by atoms with E-state index in [4.69, 9.17) is 10.2 Å². The maximum Gasteiger partial charge on any atom is 0.307 e. The van der Waals surface area contributed by atoms with E-state index >= 15 is 0 Å². The molecule has 0 aromatic heterocycles. The van der Waals surface area contributed by atoms with Crippen molar-refractivity contribution in [3.8, 4) is 0 Å². The Morgan fingerprint density at radius 1 is 1.46 bits per heavy atom. The van der Waals surface area contributed by atoms with Gasteiger partial charge < -0.3 is 10.2 Å². The molecule has 4 heteroatoms. The van der Waals surface area contributed by atoms with Crippen LogP contribution in [0.25, 0.3) is 0 Å². The number of aliphatic hydroxyl groups is 1. The zero-order valence-electron chi connectivity index (χ0n) is 6.83. The average molecular weight is 184 g/mol. The molecule has 1 rings (SSSR count). The Hall–Kier alpha value is -1.42. The summed E-state index contributed by atoms with van der Waals surface area (Å²) in [5.41, 5.74) is 0.375. The summed E-state index contributed by atoms with van der Waals surface area (Å²) >= 11 is 0. The fourth-order valence-electron chi connectivity index (χ4n) is 1.10. The second-order valence-electron chi connectivity index (χ2n) is 2.61. The Bertz CT molecular complexity index is 323. The van der Waals surface area contributed by atoms with Gasteiger partial charge in [0, 0.05) is 5.56 Å². The topological polar surface area (TPSA) is 57.5 Å². The molecule has 0 aliphatic rings. The first-order valence-electron chi connectivity index (χ1n) is 3.74. The molecule has 1 aromatic rings. The van der Waals surface area contributed by atoms with Crippen molar-refractivity contribution in [1.29, 1.82) is 0 Å². The molecule has 0 saturated heterocycles. The molecular weight excluding hydrogens is 175 g/mol. The van der Waals surface area contributed by atoms with E-state index in [1.165, 1.54) is 18.2 Å². The lowest BCUT2D eigenvalue weighted by atomic mass is 10.0. The van der Waals surface area contributed by atoms with Crippen molar-refractivity contribution in [2.24, 2.45) is 0 Å². The maximum absolute atomic E-state index is 13.0. The van der Waals surface area contributed by atoms with Gasteiger partial charge in [-0.2, -0.15) is 0 Å². The SMILES string of the molecule is O=C(O)Cc1c(F)cccc1CO. The van der Waals surface area contributed by atoms with Crippen LogP contribution in [0.3, 0.4) is 0 Å². The minimum absolute atomic E-state index is 0.0532. The molecule has 0 heterocycles. The summed E-state index contributed by atoms with van der Waals surface area (Å²) in [7, 11) is 0. The first kappa shape index (κ1) is 9.67. The van der Waals surface area contributed by atoms with E-state index in [0.29, 0.717) is 5.56 Å². The van der Waals surface area contributed by atoms with Gasteiger partial charge in [0.2, 0.25) is 0 Å². The second kappa shape index (κ2) is 4.00. The van der Waals surface area contributed by atoms with E-state index < -0.39 is 18.2 Å². The molecule has 13 heavy (non-hydrogen) atoms. The number of hydrogen-bond acceptors (Lipinski definition) is 2. The van der Waals surface area contributed by atoms with Crippen LogP contribution in [0.5, 0.6) is 0 Å². The largest absolute Gasteiger partial charge is 0.481 e. The molecule has 0 saturated carbocycles. The summed E-state index contributed by atoms with van der Waals surface area (Å²) in [6.07, 6.45) is -0.400. The van der Waals surface area contributed by atoms with Crippen molar-refractivity contribution in [2.45, 2.75) is 13.0 Å². The highest BCUT2D eigenvalue weighted by atomic mass is 19.1. The lowest BCUT2D eigenvalue weighted by Gasteiger charge is -2.05. The number of aliphatic hydroxyl groups excluding tert-OH is 1. The summed E-state index contributed by atoms with van der Waals surface area (Å²) < 4.78 is 13.0. The van der Waals surface area contributed by atoms with Gasteiger partial charge in [0.15, 0.2) is 0 Å². The van der Waals surface area contributed by atoms with Crippen LogP contribution in [0.2, 0.25) is 0 Å². The van der Waals surface area contributed by atoms with Crippen molar-refractivity contribution >= 4 is 5.97 Å². The molecule has 0 fully saturated rings. The summed E-state index contributed by atoms with van der Waals surface area (Å²) in [5, 5.41) is 17.3. The molecule has 0 atom stereocenters. The van der Waals surface area contributed by atoms with Gasteiger partial charge in [-0.3, -0.25) is 4.79 Å². The Morgan fingerprint density at radius 3 is 2.69 bits per heavy atom. The summed E-state index contributed by atoms with van der Waals surface area (Å²) in [6, 6.07) is 4.12. The van der Waals surface area contributed by atoms with Crippen molar-refractivity contribution in [2.75, 3.05) is 0 Å². The number of benzene rings is 1. The minimum atomic E-state index is -1.11. The normalized spacial score (nSPS) is 10.0. The van der Waals surface area contributed by atoms with Crippen molar-refractivity contribution in [3.63, 3.8) is 0 Å². The Morgan fingerprint density at radius 2 is 2.15 bits per heavy atom. The third kappa shape index (κ3) is 2.26. The molecule has 70 valence electrons. The first-order valence-corrected chi connectivity index (χ1v) is 3.74. The summed E-state index contributed by atoms with van der Waals surface area (Å²) in [5.74, 6) is -1.70. The smallest absolute Gasteiger partial charge is 0.307 e. The van der Waals surface area contributed by atoms with Crippen LogP contribution in [0.15, 0.2) is 18.2 Å².